The largest absolute Gasteiger partial charge is 0.460 e. The number of hydrogen-bond acceptors (Lipinski definition) is 3. The maximum Gasteiger partial charge on any atom is 0.302 e. The number of rotatable bonds is 10. The van der Waals surface area contributed by atoms with E-state index in [1.54, 1.807) is 0 Å². The minimum absolute atomic E-state index is 0.0242. The standard InChI is InChI=1S/C26H28BrNO2/c1-21(29)30-26(18-27)25(17-22-11-5-2-6-12-22)28(19-23-13-7-3-8-14-23)20-24-15-9-4-10-16-24/h2-16,25-26H,17-20H2,1H3/t25-,26-/m0/s1. The third kappa shape index (κ3) is 6.82. The monoisotopic (exact) mass is 465 g/mol. The second-order valence-corrected chi connectivity index (χ2v) is 8.08. The maximum absolute atomic E-state index is 11.8. The van der Waals surface area contributed by atoms with Crippen molar-refractivity contribution in [2.24, 2.45) is 0 Å². The second kappa shape index (κ2) is 11.7. The Kier molecular flexibility index (Phi) is 8.66. The van der Waals surface area contributed by atoms with Gasteiger partial charge in [0, 0.05) is 25.3 Å². The molecular formula is C26H28BrNO2. The lowest BCUT2D eigenvalue weighted by molar-refractivity contribution is -0.148. The zero-order chi connectivity index (χ0) is 21.2. The highest BCUT2D eigenvalue weighted by molar-refractivity contribution is 9.09. The highest BCUT2D eigenvalue weighted by Gasteiger charge is 2.30. The zero-order valence-corrected chi connectivity index (χ0v) is 18.9. The van der Waals surface area contributed by atoms with Crippen LogP contribution in [0.4, 0.5) is 0 Å². The summed E-state index contributed by atoms with van der Waals surface area (Å²) in [6.45, 7) is 3.03. The summed E-state index contributed by atoms with van der Waals surface area (Å²) in [6, 6.07) is 31.3. The minimum atomic E-state index is -0.255. The van der Waals surface area contributed by atoms with E-state index in [0.717, 1.165) is 19.5 Å². The van der Waals surface area contributed by atoms with Gasteiger partial charge in [0.2, 0.25) is 0 Å². The predicted molar refractivity (Wildman–Crippen MR) is 125 cm³/mol. The molecular weight excluding hydrogens is 438 g/mol. The van der Waals surface area contributed by atoms with E-state index >= 15 is 0 Å². The van der Waals surface area contributed by atoms with Gasteiger partial charge in [-0.05, 0) is 23.1 Å². The van der Waals surface area contributed by atoms with E-state index in [2.05, 4.69) is 93.6 Å². The Balaban J connectivity index is 1.95. The van der Waals surface area contributed by atoms with Gasteiger partial charge in [0.1, 0.15) is 6.10 Å². The van der Waals surface area contributed by atoms with Crippen molar-refractivity contribution in [3.05, 3.63) is 108 Å². The van der Waals surface area contributed by atoms with Crippen LogP contribution in [0, 0.1) is 0 Å². The normalized spacial score (nSPS) is 13.0. The zero-order valence-electron chi connectivity index (χ0n) is 17.3. The van der Waals surface area contributed by atoms with Crippen LogP contribution in [0.2, 0.25) is 0 Å². The molecule has 0 saturated heterocycles. The molecule has 3 aromatic carbocycles. The predicted octanol–water partition coefficient (Wildman–Crippen LogP) is 5.63. The quantitative estimate of drug-likeness (QED) is 0.287. The third-order valence-corrected chi connectivity index (χ3v) is 5.75. The van der Waals surface area contributed by atoms with Gasteiger partial charge in [-0.1, -0.05) is 107 Å². The van der Waals surface area contributed by atoms with Gasteiger partial charge >= 0.3 is 5.97 Å². The van der Waals surface area contributed by atoms with Crippen LogP contribution >= 0.6 is 15.9 Å². The molecule has 2 atom stereocenters. The van der Waals surface area contributed by atoms with Crippen LogP contribution in [-0.4, -0.2) is 28.3 Å². The molecule has 0 N–H and O–H groups in total. The van der Waals surface area contributed by atoms with E-state index in [0.29, 0.717) is 5.33 Å². The first-order valence-electron chi connectivity index (χ1n) is 10.2. The molecule has 0 amide bonds. The van der Waals surface area contributed by atoms with Gasteiger partial charge in [-0.25, -0.2) is 0 Å². The highest BCUT2D eigenvalue weighted by Crippen LogP contribution is 2.22. The first-order valence-corrected chi connectivity index (χ1v) is 11.4. The van der Waals surface area contributed by atoms with Crippen LogP contribution in [0.15, 0.2) is 91.0 Å². The molecule has 0 bridgehead atoms. The Morgan fingerprint density at radius 3 is 1.63 bits per heavy atom. The molecule has 0 spiro atoms. The lowest BCUT2D eigenvalue weighted by Crippen LogP contribution is -2.47. The number of halogens is 1. The van der Waals surface area contributed by atoms with E-state index in [1.165, 1.54) is 23.6 Å². The Bertz CT molecular complexity index is 845. The molecule has 0 aromatic heterocycles. The lowest BCUT2D eigenvalue weighted by atomic mass is 9.98. The lowest BCUT2D eigenvalue weighted by Gasteiger charge is -2.36. The molecule has 4 heteroatoms. The molecule has 0 saturated carbocycles. The number of carbonyl (C=O) groups is 1. The van der Waals surface area contributed by atoms with Gasteiger partial charge in [0.25, 0.3) is 0 Å². The molecule has 0 aliphatic carbocycles. The topological polar surface area (TPSA) is 29.5 Å². The molecule has 3 nitrogen and oxygen atoms in total. The molecule has 30 heavy (non-hydrogen) atoms. The van der Waals surface area contributed by atoms with E-state index in [1.807, 2.05) is 18.2 Å². The fraction of sp³-hybridized carbons (Fsp3) is 0.269. The van der Waals surface area contributed by atoms with Crippen molar-refractivity contribution >= 4 is 21.9 Å². The fourth-order valence-electron chi connectivity index (χ4n) is 3.70. The smallest absolute Gasteiger partial charge is 0.302 e. The maximum atomic E-state index is 11.8. The van der Waals surface area contributed by atoms with E-state index in [9.17, 15) is 4.79 Å². The SMILES string of the molecule is CC(=O)O[C@@H](CBr)[C@H](Cc1ccccc1)N(Cc1ccccc1)Cc1ccccc1. The number of hydrogen-bond donors (Lipinski definition) is 0. The summed E-state index contributed by atoms with van der Waals surface area (Å²) < 4.78 is 5.76. The van der Waals surface area contributed by atoms with Gasteiger partial charge in [0.05, 0.1) is 6.04 Å². The summed E-state index contributed by atoms with van der Waals surface area (Å²) in [5.41, 5.74) is 3.71. The summed E-state index contributed by atoms with van der Waals surface area (Å²) in [7, 11) is 0. The van der Waals surface area contributed by atoms with Crippen LogP contribution < -0.4 is 0 Å². The van der Waals surface area contributed by atoms with Crippen molar-refractivity contribution in [3.63, 3.8) is 0 Å². The molecule has 0 heterocycles. The van der Waals surface area contributed by atoms with Crippen LogP contribution in [-0.2, 0) is 29.0 Å². The molecule has 3 aromatic rings. The van der Waals surface area contributed by atoms with Crippen molar-refractivity contribution in [3.8, 4) is 0 Å². The molecule has 0 radical (unpaired) electrons. The molecule has 0 unspecified atom stereocenters. The number of carbonyl (C=O) groups excluding carboxylic acids is 1. The Hall–Kier alpha value is -2.43. The summed E-state index contributed by atoms with van der Waals surface area (Å²) >= 11 is 3.59. The number of nitrogens with zero attached hydrogens (tertiary/aromatic N) is 1. The highest BCUT2D eigenvalue weighted by atomic mass is 79.9. The third-order valence-electron chi connectivity index (χ3n) is 5.11. The summed E-state index contributed by atoms with van der Waals surface area (Å²) in [6.07, 6.45) is 0.541. The van der Waals surface area contributed by atoms with Gasteiger partial charge in [-0.2, -0.15) is 0 Å². The van der Waals surface area contributed by atoms with Crippen LogP contribution in [0.3, 0.4) is 0 Å². The van der Waals surface area contributed by atoms with Gasteiger partial charge in [0.15, 0.2) is 0 Å². The van der Waals surface area contributed by atoms with Gasteiger partial charge in [-0.15, -0.1) is 0 Å². The van der Waals surface area contributed by atoms with Gasteiger partial charge < -0.3 is 4.74 Å². The van der Waals surface area contributed by atoms with Crippen molar-refractivity contribution in [1.82, 2.24) is 4.90 Å². The summed E-state index contributed by atoms with van der Waals surface area (Å²) in [5, 5.41) is 0.587. The first kappa shape index (κ1) is 22.3. The Labute approximate surface area is 187 Å². The average Bonchev–Trinajstić information content (AvgIpc) is 2.77. The van der Waals surface area contributed by atoms with E-state index in [-0.39, 0.29) is 18.1 Å². The molecule has 0 fully saturated rings. The fourth-order valence-corrected chi connectivity index (χ4v) is 4.27. The summed E-state index contributed by atoms with van der Waals surface area (Å²) in [5.74, 6) is -0.253. The number of alkyl halides is 1. The number of esters is 1. The molecule has 0 aliphatic heterocycles. The number of benzene rings is 3. The van der Waals surface area contributed by atoms with Crippen molar-refractivity contribution < 1.29 is 9.53 Å². The minimum Gasteiger partial charge on any atom is -0.460 e. The van der Waals surface area contributed by atoms with E-state index in [4.69, 9.17) is 4.74 Å². The van der Waals surface area contributed by atoms with Crippen LogP contribution in [0.25, 0.3) is 0 Å². The molecule has 156 valence electrons. The molecule has 3 rings (SSSR count). The Morgan fingerprint density at radius 2 is 1.23 bits per heavy atom. The van der Waals surface area contributed by atoms with Crippen LogP contribution in [0.1, 0.15) is 23.6 Å². The first-order chi connectivity index (χ1) is 14.7. The van der Waals surface area contributed by atoms with E-state index < -0.39 is 0 Å². The average molecular weight is 466 g/mol. The molecule has 0 aliphatic rings. The number of ether oxygens (including phenoxy) is 1. The summed E-state index contributed by atoms with van der Waals surface area (Å²) in [4.78, 5) is 14.3. The Morgan fingerprint density at radius 1 is 0.800 bits per heavy atom. The van der Waals surface area contributed by atoms with Crippen molar-refractivity contribution in [2.75, 3.05) is 5.33 Å². The van der Waals surface area contributed by atoms with Crippen LogP contribution in [0.5, 0.6) is 0 Å². The van der Waals surface area contributed by atoms with Gasteiger partial charge in [-0.3, -0.25) is 9.69 Å². The van der Waals surface area contributed by atoms with Crippen molar-refractivity contribution in [1.29, 1.82) is 0 Å². The van der Waals surface area contributed by atoms with Crippen molar-refractivity contribution in [2.45, 2.75) is 38.6 Å². The second-order valence-electron chi connectivity index (χ2n) is 7.44.